The summed E-state index contributed by atoms with van der Waals surface area (Å²) in [7, 11) is 0. The highest BCUT2D eigenvalue weighted by Gasteiger charge is 2.52. The molecule has 3 aliphatic rings. The SMILES string of the molecule is C1=CC2=C(CN1)C1(c3cnccc3O2)c2ccccc2-c2ccc(-c3cccc(-c4cccc(-c5nc(-c6ccccc6)cc(-c6ccccc6)n5)c4)c3)cc21. The van der Waals surface area contributed by atoms with Gasteiger partial charge in [0, 0.05) is 53.0 Å². The van der Waals surface area contributed by atoms with Crippen molar-refractivity contribution in [3.05, 3.63) is 216 Å². The van der Waals surface area contributed by atoms with Crippen molar-refractivity contribution in [3.8, 4) is 73.0 Å². The third kappa shape index (κ3) is 5.05. The first-order valence-corrected chi connectivity index (χ1v) is 19.0. The number of fused-ring (bicyclic) bond motifs is 8. The molecule has 11 rings (SSSR count). The van der Waals surface area contributed by atoms with Crippen molar-refractivity contribution < 1.29 is 4.74 Å². The molecule has 0 saturated heterocycles. The highest BCUT2D eigenvalue weighted by Crippen LogP contribution is 2.60. The quantitative estimate of drug-likeness (QED) is 0.192. The summed E-state index contributed by atoms with van der Waals surface area (Å²) in [6.07, 6.45) is 7.84. The molecule has 264 valence electrons. The van der Waals surface area contributed by atoms with Crippen LogP contribution in [0.15, 0.2) is 200 Å². The summed E-state index contributed by atoms with van der Waals surface area (Å²) in [6.45, 7) is 0.675. The van der Waals surface area contributed by atoms with Crippen LogP contribution in [0.3, 0.4) is 0 Å². The van der Waals surface area contributed by atoms with Gasteiger partial charge < -0.3 is 10.1 Å². The summed E-state index contributed by atoms with van der Waals surface area (Å²) in [5.74, 6) is 2.43. The minimum absolute atomic E-state index is 0.546. The number of nitrogens with zero attached hydrogens (tertiary/aromatic N) is 3. The van der Waals surface area contributed by atoms with E-state index in [1.165, 1.54) is 27.8 Å². The van der Waals surface area contributed by atoms with E-state index in [-0.39, 0.29) is 0 Å². The first kappa shape index (κ1) is 32.1. The van der Waals surface area contributed by atoms with Crippen molar-refractivity contribution in [2.75, 3.05) is 6.54 Å². The van der Waals surface area contributed by atoms with Gasteiger partial charge in [0.15, 0.2) is 5.82 Å². The third-order valence-corrected chi connectivity index (χ3v) is 11.3. The van der Waals surface area contributed by atoms with E-state index in [1.807, 2.05) is 61.1 Å². The Balaban J connectivity index is 1.02. The first-order valence-electron chi connectivity index (χ1n) is 19.0. The monoisotopic (exact) mass is 718 g/mol. The van der Waals surface area contributed by atoms with Crippen molar-refractivity contribution in [1.82, 2.24) is 20.3 Å². The number of hydrogen-bond donors (Lipinski definition) is 1. The lowest BCUT2D eigenvalue weighted by molar-refractivity contribution is 0.389. The normalized spacial score (nSPS) is 16.0. The van der Waals surface area contributed by atoms with Crippen LogP contribution in [0.25, 0.3) is 67.3 Å². The highest BCUT2D eigenvalue weighted by atomic mass is 16.5. The van der Waals surface area contributed by atoms with Crippen LogP contribution >= 0.6 is 0 Å². The number of benzene rings is 6. The van der Waals surface area contributed by atoms with E-state index in [0.29, 0.717) is 12.4 Å². The Hall–Kier alpha value is -7.37. The number of allylic oxidation sites excluding steroid dienone is 1. The number of aromatic nitrogens is 3. The fourth-order valence-electron chi connectivity index (χ4n) is 8.81. The van der Waals surface area contributed by atoms with Gasteiger partial charge in [-0.1, -0.05) is 133 Å². The van der Waals surface area contributed by atoms with Gasteiger partial charge in [-0.2, -0.15) is 0 Å². The number of rotatable bonds is 5. The molecule has 0 bridgehead atoms. The molecule has 1 unspecified atom stereocenters. The van der Waals surface area contributed by atoms with E-state index in [9.17, 15) is 0 Å². The smallest absolute Gasteiger partial charge is 0.160 e. The number of hydrogen-bond acceptors (Lipinski definition) is 5. The molecule has 0 fully saturated rings. The van der Waals surface area contributed by atoms with Gasteiger partial charge in [0.25, 0.3) is 0 Å². The van der Waals surface area contributed by atoms with Crippen LogP contribution in [-0.2, 0) is 5.41 Å². The van der Waals surface area contributed by atoms with Crippen LogP contribution in [0.5, 0.6) is 5.75 Å². The molecule has 4 heterocycles. The largest absolute Gasteiger partial charge is 0.457 e. The lowest BCUT2D eigenvalue weighted by atomic mass is 9.65. The summed E-state index contributed by atoms with van der Waals surface area (Å²) >= 11 is 0. The highest BCUT2D eigenvalue weighted by molar-refractivity contribution is 5.90. The van der Waals surface area contributed by atoms with Crippen molar-refractivity contribution in [2.24, 2.45) is 0 Å². The van der Waals surface area contributed by atoms with Gasteiger partial charge in [-0.15, -0.1) is 0 Å². The van der Waals surface area contributed by atoms with E-state index in [1.54, 1.807) is 0 Å². The Morgan fingerprint density at radius 1 is 0.500 bits per heavy atom. The molecule has 5 heteroatoms. The van der Waals surface area contributed by atoms with Crippen LogP contribution in [0.2, 0.25) is 0 Å². The summed E-state index contributed by atoms with van der Waals surface area (Å²) in [4.78, 5) is 14.8. The zero-order chi connectivity index (χ0) is 37.1. The Morgan fingerprint density at radius 2 is 1.11 bits per heavy atom. The zero-order valence-electron chi connectivity index (χ0n) is 30.4. The molecule has 0 radical (unpaired) electrons. The minimum Gasteiger partial charge on any atom is -0.457 e. The second-order valence-electron chi connectivity index (χ2n) is 14.4. The third-order valence-electron chi connectivity index (χ3n) is 11.3. The first-order chi connectivity index (χ1) is 27.7. The van der Waals surface area contributed by atoms with Crippen LogP contribution in [0, 0.1) is 0 Å². The maximum absolute atomic E-state index is 6.54. The second kappa shape index (κ2) is 12.9. The summed E-state index contributed by atoms with van der Waals surface area (Å²) in [6, 6.07) is 57.9. The summed E-state index contributed by atoms with van der Waals surface area (Å²) < 4.78 is 6.54. The molecule has 5 nitrogen and oxygen atoms in total. The number of dihydropyridines is 1. The van der Waals surface area contributed by atoms with Crippen molar-refractivity contribution >= 4 is 0 Å². The number of pyridine rings is 1. The average Bonchev–Trinajstić information content (AvgIpc) is 3.57. The Labute approximate surface area is 325 Å². The van der Waals surface area contributed by atoms with E-state index >= 15 is 0 Å². The van der Waals surface area contributed by atoms with Crippen LogP contribution < -0.4 is 10.1 Å². The van der Waals surface area contributed by atoms with Crippen molar-refractivity contribution in [3.63, 3.8) is 0 Å². The molecule has 1 atom stereocenters. The minimum atomic E-state index is -0.546. The van der Waals surface area contributed by atoms with E-state index in [2.05, 4.69) is 138 Å². The molecule has 1 N–H and O–H groups in total. The lowest BCUT2D eigenvalue weighted by Gasteiger charge is -2.41. The molecule has 2 aliphatic heterocycles. The standard InChI is InChI=1S/C51H34N4O/c1-3-11-33(12-4-1)46-30-47(34-13-5-2-6-14-34)55-50(54-46)39-18-10-17-37(28-39)35-15-9-16-36(27-35)38-21-22-41-40-19-7-8-20-42(40)51(43(41)29-38)44-31-52-25-23-48(44)56-49-24-26-53-32-45(49)51/h1-31,53H,32H2. The van der Waals surface area contributed by atoms with Gasteiger partial charge in [0.2, 0.25) is 0 Å². The molecular formula is C51H34N4O. The van der Waals surface area contributed by atoms with E-state index < -0.39 is 5.41 Å². The average molecular weight is 719 g/mol. The predicted octanol–water partition coefficient (Wildman–Crippen LogP) is 11.3. The topological polar surface area (TPSA) is 59.9 Å². The Morgan fingerprint density at radius 3 is 1.84 bits per heavy atom. The van der Waals surface area contributed by atoms with Gasteiger partial charge >= 0.3 is 0 Å². The van der Waals surface area contributed by atoms with Crippen LogP contribution in [-0.4, -0.2) is 21.5 Å². The maximum atomic E-state index is 6.54. The van der Waals surface area contributed by atoms with Gasteiger partial charge in [-0.25, -0.2) is 9.97 Å². The van der Waals surface area contributed by atoms with Gasteiger partial charge in [0.05, 0.1) is 16.8 Å². The van der Waals surface area contributed by atoms with Crippen molar-refractivity contribution in [2.45, 2.75) is 5.41 Å². The Kier molecular flexibility index (Phi) is 7.39. The molecule has 56 heavy (non-hydrogen) atoms. The number of nitrogens with one attached hydrogen (secondary N) is 1. The predicted molar refractivity (Wildman–Crippen MR) is 224 cm³/mol. The summed E-state index contributed by atoms with van der Waals surface area (Å²) in [5.41, 5.74) is 16.1. The molecule has 8 aromatic rings. The molecule has 1 aliphatic carbocycles. The second-order valence-corrected chi connectivity index (χ2v) is 14.4. The maximum Gasteiger partial charge on any atom is 0.160 e. The zero-order valence-corrected chi connectivity index (χ0v) is 30.4. The molecule has 6 aromatic carbocycles. The molecular weight excluding hydrogens is 685 g/mol. The van der Waals surface area contributed by atoms with Crippen molar-refractivity contribution in [1.29, 1.82) is 0 Å². The fraction of sp³-hybridized carbons (Fsp3) is 0.0392. The van der Waals surface area contributed by atoms with Crippen LogP contribution in [0.4, 0.5) is 0 Å². The van der Waals surface area contributed by atoms with Gasteiger partial charge in [0.1, 0.15) is 11.5 Å². The Bertz CT molecular complexity index is 2840. The molecule has 1 spiro atoms. The fourth-order valence-corrected chi connectivity index (χ4v) is 8.81. The summed E-state index contributed by atoms with van der Waals surface area (Å²) in [5, 5.41) is 3.49. The molecule has 2 aromatic heterocycles. The van der Waals surface area contributed by atoms with E-state index in [4.69, 9.17) is 14.7 Å². The number of ether oxygens (including phenoxy) is 1. The molecule has 0 saturated carbocycles. The molecule has 0 amide bonds. The lowest BCUT2D eigenvalue weighted by Crippen LogP contribution is -2.39. The van der Waals surface area contributed by atoms with Gasteiger partial charge in [-0.05, 0) is 80.9 Å². The van der Waals surface area contributed by atoms with Gasteiger partial charge in [-0.3, -0.25) is 4.98 Å². The van der Waals surface area contributed by atoms with E-state index in [0.717, 1.165) is 67.4 Å². The van der Waals surface area contributed by atoms with Crippen LogP contribution in [0.1, 0.15) is 16.7 Å².